The van der Waals surface area contributed by atoms with E-state index in [1.54, 1.807) is 12.5 Å². The molecule has 0 aliphatic rings. The Morgan fingerprint density at radius 2 is 1.63 bits per heavy atom. The maximum atomic E-state index is 13.3. The zero-order valence-corrected chi connectivity index (χ0v) is 23.1. The van der Waals surface area contributed by atoms with Crippen LogP contribution in [0.5, 0.6) is 0 Å². The number of fused-ring (bicyclic) bond motifs is 1. The van der Waals surface area contributed by atoms with Gasteiger partial charge in [0.25, 0.3) is 0 Å². The van der Waals surface area contributed by atoms with Crippen LogP contribution in [-0.4, -0.2) is 91.0 Å². The highest BCUT2D eigenvalue weighted by Gasteiger charge is 2.32. The first-order valence-electron chi connectivity index (χ1n) is 12.7. The fraction of sp³-hybridized carbons (Fsp3) is 0.385. The number of carbonyl (C=O) groups excluding carboxylic acids is 3. The lowest BCUT2D eigenvalue weighted by Crippen LogP contribution is -2.58. The molecule has 14 nitrogen and oxygen atoms in total. The molecular weight excluding hydrogens is 554 g/mol. The molecule has 2 heterocycles. The van der Waals surface area contributed by atoms with Crippen molar-refractivity contribution in [3.63, 3.8) is 0 Å². The van der Waals surface area contributed by atoms with Gasteiger partial charge in [-0.05, 0) is 36.5 Å². The summed E-state index contributed by atoms with van der Waals surface area (Å²) in [6, 6.07) is 2.36. The molecule has 4 atom stereocenters. The van der Waals surface area contributed by atoms with E-state index in [1.165, 1.54) is 24.3 Å². The number of thioether (sulfide) groups is 1. The van der Waals surface area contributed by atoms with Gasteiger partial charge in [-0.25, -0.2) is 9.78 Å². The van der Waals surface area contributed by atoms with Crippen molar-refractivity contribution in [2.75, 3.05) is 12.0 Å². The van der Waals surface area contributed by atoms with E-state index in [2.05, 4.69) is 30.9 Å². The number of aliphatic carboxylic acids is 2. The standard InChI is InChI=1S/C26H33N7O7S/c1-41-7-6-19(26(39)40)31-25(38)21(10-22(34)35)33-24(37)20(9-15-12-28-13-30-15)32-23(36)17(27)8-14-11-29-18-5-3-2-4-16(14)18/h2-5,11-13,17,19-21,29H,6-10,27H2,1H3,(H,28,30)(H,31,38)(H,32,36)(H,33,37)(H,34,35)(H,39,40). The molecule has 9 N–H and O–H groups in total. The second-order valence-corrected chi connectivity index (χ2v) is 10.3. The Hall–Kier alpha value is -4.37. The number of nitrogens with two attached hydrogens (primary N) is 1. The number of hydrogen-bond acceptors (Lipinski definition) is 8. The Bertz CT molecular complexity index is 1360. The van der Waals surface area contributed by atoms with Gasteiger partial charge in [-0.2, -0.15) is 11.8 Å². The Balaban J connectivity index is 1.74. The third-order valence-corrected chi connectivity index (χ3v) is 6.94. The van der Waals surface area contributed by atoms with Crippen LogP contribution < -0.4 is 21.7 Å². The Morgan fingerprint density at radius 3 is 2.29 bits per heavy atom. The predicted molar refractivity (Wildman–Crippen MR) is 151 cm³/mol. The van der Waals surface area contributed by atoms with Crippen molar-refractivity contribution in [2.45, 2.75) is 49.9 Å². The summed E-state index contributed by atoms with van der Waals surface area (Å²) in [5.74, 6) is -4.72. The molecule has 3 rings (SSSR count). The van der Waals surface area contributed by atoms with E-state index in [-0.39, 0.29) is 19.3 Å². The second kappa shape index (κ2) is 14.9. The molecule has 41 heavy (non-hydrogen) atoms. The van der Waals surface area contributed by atoms with Crippen molar-refractivity contribution in [1.29, 1.82) is 0 Å². The number of carbonyl (C=O) groups is 5. The molecule has 0 spiro atoms. The number of nitrogens with one attached hydrogen (secondary N) is 5. The van der Waals surface area contributed by atoms with Crippen molar-refractivity contribution in [3.8, 4) is 0 Å². The fourth-order valence-electron chi connectivity index (χ4n) is 4.16. The average Bonchev–Trinajstić information content (AvgIpc) is 3.59. The van der Waals surface area contributed by atoms with Gasteiger partial charge < -0.3 is 41.9 Å². The van der Waals surface area contributed by atoms with E-state index >= 15 is 0 Å². The van der Waals surface area contributed by atoms with Crippen LogP contribution in [0.15, 0.2) is 43.0 Å². The van der Waals surface area contributed by atoms with Crippen molar-refractivity contribution in [3.05, 3.63) is 54.2 Å². The smallest absolute Gasteiger partial charge is 0.326 e. The molecule has 0 fully saturated rings. The molecule has 0 saturated carbocycles. The number of nitrogens with zero attached hydrogens (tertiary/aromatic N) is 1. The lowest BCUT2D eigenvalue weighted by atomic mass is 10.0. The normalized spacial score (nSPS) is 14.0. The summed E-state index contributed by atoms with van der Waals surface area (Å²) in [6.07, 6.45) is 5.76. The van der Waals surface area contributed by atoms with E-state index in [9.17, 15) is 34.2 Å². The predicted octanol–water partition coefficient (Wildman–Crippen LogP) is -0.230. The lowest BCUT2D eigenvalue weighted by molar-refractivity contribution is -0.143. The van der Waals surface area contributed by atoms with Crippen molar-refractivity contribution >= 4 is 52.3 Å². The Labute approximate surface area is 239 Å². The quantitative estimate of drug-likeness (QED) is 0.110. The molecule has 4 unspecified atom stereocenters. The number of benzene rings is 1. The highest BCUT2D eigenvalue weighted by atomic mass is 32.2. The number of H-pyrrole nitrogens is 2. The van der Waals surface area contributed by atoms with E-state index in [0.29, 0.717) is 11.4 Å². The summed E-state index contributed by atoms with van der Waals surface area (Å²) >= 11 is 1.38. The van der Waals surface area contributed by atoms with Crippen LogP contribution in [0.3, 0.4) is 0 Å². The van der Waals surface area contributed by atoms with Crippen molar-refractivity contribution in [1.82, 2.24) is 30.9 Å². The third kappa shape index (κ3) is 9.08. The summed E-state index contributed by atoms with van der Waals surface area (Å²) in [5, 5.41) is 26.9. The zero-order valence-electron chi connectivity index (χ0n) is 22.3. The molecule has 0 bridgehead atoms. The minimum atomic E-state index is -1.60. The van der Waals surface area contributed by atoms with Crippen LogP contribution in [0.4, 0.5) is 0 Å². The van der Waals surface area contributed by atoms with Crippen LogP contribution in [0.1, 0.15) is 24.1 Å². The number of aromatic amines is 2. The van der Waals surface area contributed by atoms with Gasteiger partial charge in [0.2, 0.25) is 17.7 Å². The fourth-order valence-corrected chi connectivity index (χ4v) is 4.63. The van der Waals surface area contributed by atoms with Gasteiger partial charge in [-0.15, -0.1) is 0 Å². The minimum absolute atomic E-state index is 0.0652. The highest BCUT2D eigenvalue weighted by molar-refractivity contribution is 7.98. The third-order valence-electron chi connectivity index (χ3n) is 6.30. The Morgan fingerprint density at radius 1 is 0.951 bits per heavy atom. The van der Waals surface area contributed by atoms with E-state index < -0.39 is 60.2 Å². The first kappa shape index (κ1) is 31.2. The number of aromatic nitrogens is 3. The summed E-state index contributed by atoms with van der Waals surface area (Å²) in [4.78, 5) is 72.1. The number of para-hydroxylation sites is 1. The molecule has 2 aromatic heterocycles. The molecule has 0 aliphatic heterocycles. The molecular formula is C26H33N7O7S. The van der Waals surface area contributed by atoms with Gasteiger partial charge in [-0.1, -0.05) is 18.2 Å². The maximum absolute atomic E-state index is 13.3. The number of imidazole rings is 1. The monoisotopic (exact) mass is 587 g/mol. The number of carboxylic acid groups (broad SMARTS) is 2. The number of rotatable bonds is 16. The molecule has 220 valence electrons. The number of carboxylic acids is 2. The molecule has 3 amide bonds. The number of amides is 3. The largest absolute Gasteiger partial charge is 0.481 e. The van der Waals surface area contributed by atoms with Gasteiger partial charge in [-0.3, -0.25) is 19.2 Å². The molecule has 1 aromatic carbocycles. The van der Waals surface area contributed by atoms with Crippen molar-refractivity contribution in [2.24, 2.45) is 5.73 Å². The van der Waals surface area contributed by atoms with Crippen LogP contribution in [-0.2, 0) is 36.8 Å². The second-order valence-electron chi connectivity index (χ2n) is 9.35. The lowest BCUT2D eigenvalue weighted by Gasteiger charge is -2.24. The van der Waals surface area contributed by atoms with Crippen LogP contribution in [0.2, 0.25) is 0 Å². The number of hydrogen-bond donors (Lipinski definition) is 8. The minimum Gasteiger partial charge on any atom is -0.481 e. The molecule has 0 aliphatic carbocycles. The Kier molecular flexibility index (Phi) is 11.3. The maximum Gasteiger partial charge on any atom is 0.326 e. The molecule has 0 radical (unpaired) electrons. The molecule has 3 aromatic rings. The van der Waals surface area contributed by atoms with Crippen LogP contribution >= 0.6 is 11.8 Å². The van der Waals surface area contributed by atoms with Crippen LogP contribution in [0.25, 0.3) is 10.9 Å². The highest BCUT2D eigenvalue weighted by Crippen LogP contribution is 2.19. The average molecular weight is 588 g/mol. The molecule has 15 heteroatoms. The van der Waals surface area contributed by atoms with Gasteiger partial charge >= 0.3 is 11.9 Å². The van der Waals surface area contributed by atoms with Crippen LogP contribution in [0, 0.1) is 0 Å². The van der Waals surface area contributed by atoms with Gasteiger partial charge in [0.1, 0.15) is 18.1 Å². The molecule has 0 saturated heterocycles. The van der Waals surface area contributed by atoms with Gasteiger partial charge in [0.15, 0.2) is 0 Å². The van der Waals surface area contributed by atoms with Gasteiger partial charge in [0.05, 0.1) is 18.8 Å². The SMILES string of the molecule is CSCCC(NC(=O)C(CC(=O)O)NC(=O)C(Cc1cnc[nH]1)NC(=O)C(N)Cc1c[nH]c2ccccc12)C(=O)O. The summed E-state index contributed by atoms with van der Waals surface area (Å²) in [5.41, 5.74) is 8.36. The van der Waals surface area contributed by atoms with E-state index in [4.69, 9.17) is 5.73 Å². The first-order valence-corrected chi connectivity index (χ1v) is 14.1. The van der Waals surface area contributed by atoms with Gasteiger partial charge in [0, 0.05) is 35.4 Å². The summed E-state index contributed by atoms with van der Waals surface area (Å²) in [7, 11) is 0. The zero-order chi connectivity index (χ0) is 29.9. The topological polar surface area (TPSA) is 232 Å². The van der Waals surface area contributed by atoms with E-state index in [1.807, 2.05) is 24.3 Å². The summed E-state index contributed by atoms with van der Waals surface area (Å²) in [6.45, 7) is 0. The van der Waals surface area contributed by atoms with Crippen molar-refractivity contribution < 1.29 is 34.2 Å². The van der Waals surface area contributed by atoms with E-state index in [0.717, 1.165) is 16.5 Å². The first-order chi connectivity index (χ1) is 19.6. The summed E-state index contributed by atoms with van der Waals surface area (Å²) < 4.78 is 0.